The van der Waals surface area contributed by atoms with Crippen molar-refractivity contribution >= 4 is 5.97 Å². The predicted molar refractivity (Wildman–Crippen MR) is 56.8 cm³/mol. The van der Waals surface area contributed by atoms with E-state index in [0.717, 1.165) is 0 Å². The largest absolute Gasteiger partial charge is 0.465 e. The molecular formula is C12H20O2. The second kappa shape index (κ2) is 3.76. The fourth-order valence-electron chi connectivity index (χ4n) is 2.05. The Bertz CT molecular complexity index is 263. The molecule has 2 nitrogen and oxygen atoms in total. The van der Waals surface area contributed by atoms with Crippen LogP contribution in [0.1, 0.15) is 34.6 Å². The normalized spacial score (nSPS) is 29.9. The smallest absolute Gasteiger partial charge is 0.302 e. The van der Waals surface area contributed by atoms with Crippen molar-refractivity contribution in [2.24, 2.45) is 17.3 Å². The molecular weight excluding hydrogens is 176 g/mol. The van der Waals surface area contributed by atoms with Crippen LogP contribution >= 0.6 is 0 Å². The Hall–Kier alpha value is -0.790. The van der Waals surface area contributed by atoms with Crippen LogP contribution in [0, 0.1) is 17.3 Å². The van der Waals surface area contributed by atoms with E-state index in [-0.39, 0.29) is 11.4 Å². The fraction of sp³-hybridized carbons (Fsp3) is 0.750. The molecule has 0 spiro atoms. The van der Waals surface area contributed by atoms with E-state index in [9.17, 15) is 4.79 Å². The highest BCUT2D eigenvalue weighted by molar-refractivity contribution is 5.65. The number of rotatable bonds is 2. The summed E-state index contributed by atoms with van der Waals surface area (Å²) >= 11 is 0. The summed E-state index contributed by atoms with van der Waals surface area (Å²) in [5, 5.41) is 0. The monoisotopic (exact) mass is 196 g/mol. The van der Waals surface area contributed by atoms with E-state index in [1.165, 1.54) is 12.5 Å². The van der Waals surface area contributed by atoms with Gasteiger partial charge in [-0.05, 0) is 18.3 Å². The van der Waals surface area contributed by atoms with Crippen molar-refractivity contribution in [3.05, 3.63) is 11.6 Å². The lowest BCUT2D eigenvalue weighted by Gasteiger charge is -2.31. The maximum Gasteiger partial charge on any atom is 0.302 e. The van der Waals surface area contributed by atoms with Crippen molar-refractivity contribution in [1.82, 2.24) is 0 Å². The number of esters is 1. The van der Waals surface area contributed by atoms with Gasteiger partial charge in [-0.15, -0.1) is 0 Å². The molecule has 1 rings (SSSR count). The molecule has 0 bridgehead atoms. The number of carbonyl (C=O) groups is 1. The summed E-state index contributed by atoms with van der Waals surface area (Å²) in [6, 6.07) is 0. The Balaban J connectivity index is 2.66. The molecule has 2 atom stereocenters. The zero-order chi connectivity index (χ0) is 10.9. The zero-order valence-electron chi connectivity index (χ0n) is 9.76. The van der Waals surface area contributed by atoms with Gasteiger partial charge in [-0.3, -0.25) is 4.79 Å². The highest BCUT2D eigenvalue weighted by atomic mass is 16.5. The Labute approximate surface area is 86.3 Å². The first-order chi connectivity index (χ1) is 6.35. The van der Waals surface area contributed by atoms with Crippen molar-refractivity contribution in [3.63, 3.8) is 0 Å². The van der Waals surface area contributed by atoms with Crippen molar-refractivity contribution in [2.45, 2.75) is 34.6 Å². The molecule has 0 unspecified atom stereocenters. The molecule has 0 aromatic rings. The molecule has 0 amide bonds. The molecule has 1 aliphatic rings. The van der Waals surface area contributed by atoms with Gasteiger partial charge in [0.1, 0.15) is 0 Å². The van der Waals surface area contributed by atoms with Crippen LogP contribution in [0.15, 0.2) is 11.6 Å². The van der Waals surface area contributed by atoms with E-state index in [0.29, 0.717) is 18.4 Å². The van der Waals surface area contributed by atoms with Gasteiger partial charge in [0.05, 0.1) is 6.61 Å². The van der Waals surface area contributed by atoms with Gasteiger partial charge in [0.25, 0.3) is 0 Å². The molecule has 14 heavy (non-hydrogen) atoms. The molecule has 0 aliphatic heterocycles. The molecule has 1 aliphatic carbocycles. The van der Waals surface area contributed by atoms with E-state index in [1.54, 1.807) is 0 Å². The minimum Gasteiger partial charge on any atom is -0.465 e. The standard InChI is InChI=1S/C12H20O2/c1-8-6-11(7-14-10(3)13)12(4,5)9(8)2/h6,9,11H,7H2,1-5H3/t9-,11-/m1/s1. The van der Waals surface area contributed by atoms with Crippen LogP contribution in [-0.4, -0.2) is 12.6 Å². The molecule has 2 heteroatoms. The molecule has 0 aromatic carbocycles. The van der Waals surface area contributed by atoms with E-state index in [1.807, 2.05) is 0 Å². The van der Waals surface area contributed by atoms with Crippen LogP contribution in [0.4, 0.5) is 0 Å². The third-order valence-electron chi connectivity index (χ3n) is 3.68. The van der Waals surface area contributed by atoms with Crippen LogP contribution in [0.5, 0.6) is 0 Å². The minimum atomic E-state index is -0.189. The molecule has 0 radical (unpaired) electrons. The average molecular weight is 196 g/mol. The highest BCUT2D eigenvalue weighted by Crippen LogP contribution is 2.46. The summed E-state index contributed by atoms with van der Waals surface area (Å²) in [5.41, 5.74) is 1.62. The minimum absolute atomic E-state index is 0.189. The highest BCUT2D eigenvalue weighted by Gasteiger charge is 2.39. The predicted octanol–water partition coefficient (Wildman–Crippen LogP) is 2.79. The van der Waals surface area contributed by atoms with Gasteiger partial charge >= 0.3 is 5.97 Å². The van der Waals surface area contributed by atoms with Crippen molar-refractivity contribution in [2.75, 3.05) is 6.61 Å². The van der Waals surface area contributed by atoms with Crippen LogP contribution in [0.3, 0.4) is 0 Å². The molecule has 0 N–H and O–H groups in total. The van der Waals surface area contributed by atoms with Crippen LogP contribution in [-0.2, 0) is 9.53 Å². The quantitative estimate of drug-likeness (QED) is 0.501. The zero-order valence-corrected chi connectivity index (χ0v) is 9.76. The summed E-state index contributed by atoms with van der Waals surface area (Å²) < 4.78 is 5.07. The fourth-order valence-corrected chi connectivity index (χ4v) is 2.05. The van der Waals surface area contributed by atoms with Crippen molar-refractivity contribution in [1.29, 1.82) is 0 Å². The van der Waals surface area contributed by atoms with Gasteiger partial charge in [-0.25, -0.2) is 0 Å². The average Bonchev–Trinajstić information content (AvgIpc) is 2.26. The van der Waals surface area contributed by atoms with Crippen molar-refractivity contribution in [3.8, 4) is 0 Å². The molecule has 0 heterocycles. The molecule has 0 fully saturated rings. The van der Waals surface area contributed by atoms with Crippen LogP contribution in [0.2, 0.25) is 0 Å². The second-order valence-corrected chi connectivity index (χ2v) is 4.86. The van der Waals surface area contributed by atoms with Gasteiger partial charge in [-0.1, -0.05) is 32.4 Å². The van der Waals surface area contributed by atoms with E-state index in [2.05, 4.69) is 33.8 Å². The Morgan fingerprint density at radius 2 is 2.14 bits per heavy atom. The maximum atomic E-state index is 10.7. The SMILES string of the molecule is CC(=O)OC[C@H]1C=C(C)[C@@H](C)C1(C)C. The van der Waals surface area contributed by atoms with E-state index >= 15 is 0 Å². The third kappa shape index (κ3) is 1.99. The number of allylic oxidation sites excluding steroid dienone is 1. The van der Waals surface area contributed by atoms with Gasteiger partial charge in [0.15, 0.2) is 0 Å². The van der Waals surface area contributed by atoms with Gasteiger partial charge in [0, 0.05) is 12.8 Å². The number of hydrogen-bond donors (Lipinski definition) is 0. The number of carbonyl (C=O) groups excluding carboxylic acids is 1. The van der Waals surface area contributed by atoms with Gasteiger partial charge < -0.3 is 4.74 Å². The van der Waals surface area contributed by atoms with Crippen LogP contribution < -0.4 is 0 Å². The summed E-state index contributed by atoms with van der Waals surface area (Å²) in [7, 11) is 0. The topological polar surface area (TPSA) is 26.3 Å². The second-order valence-electron chi connectivity index (χ2n) is 4.86. The Morgan fingerprint density at radius 1 is 1.57 bits per heavy atom. The first kappa shape index (κ1) is 11.3. The van der Waals surface area contributed by atoms with E-state index in [4.69, 9.17) is 4.74 Å². The molecule has 0 aromatic heterocycles. The summed E-state index contributed by atoms with van der Waals surface area (Å²) in [6.07, 6.45) is 2.24. The number of ether oxygens (including phenoxy) is 1. The summed E-state index contributed by atoms with van der Waals surface area (Å²) in [4.78, 5) is 10.7. The van der Waals surface area contributed by atoms with Gasteiger partial charge in [0.2, 0.25) is 0 Å². The lowest BCUT2D eigenvalue weighted by Crippen LogP contribution is -2.28. The molecule has 0 saturated heterocycles. The molecule has 80 valence electrons. The lowest BCUT2D eigenvalue weighted by atomic mass is 9.74. The van der Waals surface area contributed by atoms with Crippen molar-refractivity contribution < 1.29 is 9.53 Å². The van der Waals surface area contributed by atoms with E-state index < -0.39 is 0 Å². The maximum absolute atomic E-state index is 10.7. The molecule has 0 saturated carbocycles. The summed E-state index contributed by atoms with van der Waals surface area (Å²) in [6.45, 7) is 10.8. The number of hydrogen-bond acceptors (Lipinski definition) is 2. The summed E-state index contributed by atoms with van der Waals surface area (Å²) in [5.74, 6) is 0.746. The Kier molecular flexibility index (Phi) is 3.03. The third-order valence-corrected chi connectivity index (χ3v) is 3.68. The first-order valence-electron chi connectivity index (χ1n) is 5.17. The first-order valence-corrected chi connectivity index (χ1v) is 5.17. The van der Waals surface area contributed by atoms with Gasteiger partial charge in [-0.2, -0.15) is 0 Å². The van der Waals surface area contributed by atoms with Crippen LogP contribution in [0.25, 0.3) is 0 Å². The lowest BCUT2D eigenvalue weighted by molar-refractivity contribution is -0.142. The Morgan fingerprint density at radius 3 is 2.50 bits per heavy atom.